The van der Waals surface area contributed by atoms with Gasteiger partial charge in [0.2, 0.25) is 21.8 Å². The third kappa shape index (κ3) is 5.54. The summed E-state index contributed by atoms with van der Waals surface area (Å²) in [5.41, 5.74) is 2.10. The Morgan fingerprint density at radius 3 is 2.20 bits per heavy atom. The first kappa shape index (κ1) is 24.9. The number of anilines is 2. The summed E-state index contributed by atoms with van der Waals surface area (Å²) in [5.74, 6) is -1.19. The molecular formula is C25H29N3O6S. The zero-order valence-electron chi connectivity index (χ0n) is 19.7. The van der Waals surface area contributed by atoms with Crippen LogP contribution in [0.3, 0.4) is 0 Å². The molecule has 0 unspecified atom stereocenters. The second kappa shape index (κ2) is 10.2. The van der Waals surface area contributed by atoms with E-state index >= 15 is 0 Å². The smallest absolute Gasteiger partial charge is 0.339 e. The quantitative estimate of drug-likeness (QED) is 0.565. The number of aryl methyl sites for hydroxylation is 1. The number of amides is 2. The highest BCUT2D eigenvalue weighted by Crippen LogP contribution is 2.31. The third-order valence-corrected chi connectivity index (χ3v) is 8.40. The van der Waals surface area contributed by atoms with E-state index in [9.17, 15) is 22.8 Å². The van der Waals surface area contributed by atoms with Gasteiger partial charge in [-0.1, -0.05) is 18.2 Å². The Bertz CT molecular complexity index is 1250. The van der Waals surface area contributed by atoms with Crippen LogP contribution in [0.15, 0.2) is 47.4 Å². The fourth-order valence-corrected chi connectivity index (χ4v) is 5.78. The Hall–Kier alpha value is -3.24. The Morgan fingerprint density at radius 1 is 0.914 bits per heavy atom. The molecule has 0 spiro atoms. The summed E-state index contributed by atoms with van der Waals surface area (Å²) in [6, 6.07) is 11.3. The van der Waals surface area contributed by atoms with Crippen molar-refractivity contribution < 1.29 is 27.5 Å². The molecule has 2 fully saturated rings. The van der Waals surface area contributed by atoms with Gasteiger partial charge in [-0.25, -0.2) is 13.2 Å². The van der Waals surface area contributed by atoms with Gasteiger partial charge in [-0.3, -0.25) is 9.59 Å². The van der Waals surface area contributed by atoms with Gasteiger partial charge >= 0.3 is 5.97 Å². The van der Waals surface area contributed by atoms with E-state index in [1.807, 2.05) is 13.0 Å². The summed E-state index contributed by atoms with van der Waals surface area (Å²) < 4.78 is 32.4. The zero-order chi connectivity index (χ0) is 25.2. The summed E-state index contributed by atoms with van der Waals surface area (Å²) in [4.78, 5) is 36.9. The molecule has 0 atom stereocenters. The highest BCUT2D eigenvalue weighted by atomic mass is 32.2. The highest BCUT2D eigenvalue weighted by molar-refractivity contribution is 7.89. The van der Waals surface area contributed by atoms with Crippen LogP contribution in [0.4, 0.5) is 11.4 Å². The molecule has 2 amide bonds. The first-order valence-corrected chi connectivity index (χ1v) is 13.0. The molecule has 1 saturated carbocycles. The minimum absolute atomic E-state index is 0.00603. The second-order valence-electron chi connectivity index (χ2n) is 8.95. The van der Waals surface area contributed by atoms with E-state index in [0.717, 1.165) is 18.4 Å². The predicted octanol–water partition coefficient (Wildman–Crippen LogP) is 3.17. The van der Waals surface area contributed by atoms with Gasteiger partial charge in [0.1, 0.15) is 0 Å². The van der Waals surface area contributed by atoms with E-state index in [1.54, 1.807) is 24.3 Å². The molecule has 0 bridgehead atoms. The SMILES string of the molecule is COC(=O)c1ccccc1S(=O)(=O)N1CCC(C(=O)Nc2cc(NC(=O)C3CC3)ccc2C)CC1. The van der Waals surface area contributed by atoms with Crippen LogP contribution >= 0.6 is 0 Å². The fraction of sp³-hybridized carbons (Fsp3) is 0.400. The highest BCUT2D eigenvalue weighted by Gasteiger charge is 2.34. The van der Waals surface area contributed by atoms with Crippen LogP contribution in [0.25, 0.3) is 0 Å². The van der Waals surface area contributed by atoms with E-state index in [0.29, 0.717) is 24.2 Å². The molecule has 1 aliphatic heterocycles. The summed E-state index contributed by atoms with van der Waals surface area (Å²) in [6.07, 6.45) is 2.51. The number of piperidine rings is 1. The Labute approximate surface area is 204 Å². The Morgan fingerprint density at radius 2 is 1.54 bits per heavy atom. The zero-order valence-corrected chi connectivity index (χ0v) is 20.6. The van der Waals surface area contributed by atoms with Crippen molar-refractivity contribution in [3.05, 3.63) is 53.6 Å². The molecule has 1 aliphatic carbocycles. The number of carbonyl (C=O) groups is 3. The van der Waals surface area contributed by atoms with Crippen LogP contribution in [0.2, 0.25) is 0 Å². The molecule has 9 nitrogen and oxygen atoms in total. The molecule has 186 valence electrons. The molecule has 4 rings (SSSR count). The molecule has 2 aromatic rings. The van der Waals surface area contributed by atoms with Crippen molar-refractivity contribution in [2.45, 2.75) is 37.5 Å². The van der Waals surface area contributed by atoms with Crippen LogP contribution in [-0.4, -0.2) is 50.7 Å². The first-order chi connectivity index (χ1) is 16.7. The van der Waals surface area contributed by atoms with Crippen LogP contribution < -0.4 is 10.6 Å². The van der Waals surface area contributed by atoms with E-state index in [4.69, 9.17) is 4.74 Å². The minimum Gasteiger partial charge on any atom is -0.465 e. The largest absolute Gasteiger partial charge is 0.465 e. The monoisotopic (exact) mass is 499 g/mol. The van der Waals surface area contributed by atoms with Crippen molar-refractivity contribution in [2.75, 3.05) is 30.8 Å². The van der Waals surface area contributed by atoms with E-state index in [2.05, 4.69) is 10.6 Å². The lowest BCUT2D eigenvalue weighted by Crippen LogP contribution is -2.41. The maximum atomic E-state index is 13.2. The molecule has 2 aliphatic rings. The number of ether oxygens (including phenoxy) is 1. The standard InChI is InChI=1S/C25H29N3O6S/c1-16-7-10-19(26-23(29)17-8-9-17)15-21(16)27-24(30)18-11-13-28(14-12-18)35(32,33)22-6-4-3-5-20(22)25(31)34-2/h3-7,10,15,17-18H,8-9,11-14H2,1-2H3,(H,26,29)(H,27,30). The molecule has 2 aromatic carbocycles. The number of sulfonamides is 1. The van der Waals surface area contributed by atoms with Crippen LogP contribution in [0, 0.1) is 18.8 Å². The molecule has 0 aromatic heterocycles. The lowest BCUT2D eigenvalue weighted by atomic mass is 9.97. The van der Waals surface area contributed by atoms with Crippen LogP contribution in [0.5, 0.6) is 0 Å². The molecule has 10 heteroatoms. The Kier molecular flexibility index (Phi) is 7.23. The van der Waals surface area contributed by atoms with Gasteiger partial charge in [0.15, 0.2) is 0 Å². The summed E-state index contributed by atoms with van der Waals surface area (Å²) in [6.45, 7) is 2.19. The van der Waals surface area contributed by atoms with Crippen molar-refractivity contribution in [2.24, 2.45) is 11.8 Å². The molecule has 2 N–H and O–H groups in total. The summed E-state index contributed by atoms with van der Waals surface area (Å²) in [5, 5.41) is 5.82. The minimum atomic E-state index is -3.92. The van der Waals surface area contributed by atoms with Gasteiger partial charge in [0, 0.05) is 36.3 Å². The second-order valence-corrected chi connectivity index (χ2v) is 10.9. The number of rotatable bonds is 7. The lowest BCUT2D eigenvalue weighted by Gasteiger charge is -2.31. The molecule has 1 heterocycles. The van der Waals surface area contributed by atoms with Crippen molar-refractivity contribution in [1.29, 1.82) is 0 Å². The number of carbonyl (C=O) groups excluding carboxylic acids is 3. The van der Waals surface area contributed by atoms with Gasteiger partial charge < -0.3 is 15.4 Å². The molecule has 1 saturated heterocycles. The maximum Gasteiger partial charge on any atom is 0.339 e. The number of hydrogen-bond acceptors (Lipinski definition) is 6. The first-order valence-electron chi connectivity index (χ1n) is 11.6. The van der Waals surface area contributed by atoms with Gasteiger partial charge in [-0.15, -0.1) is 0 Å². The van der Waals surface area contributed by atoms with Gasteiger partial charge in [-0.05, 0) is 62.4 Å². The Balaban J connectivity index is 1.40. The summed E-state index contributed by atoms with van der Waals surface area (Å²) in [7, 11) is -2.72. The number of hydrogen-bond donors (Lipinski definition) is 2. The van der Waals surface area contributed by atoms with E-state index in [1.165, 1.54) is 23.5 Å². The predicted molar refractivity (Wildman–Crippen MR) is 130 cm³/mol. The van der Waals surface area contributed by atoms with Crippen molar-refractivity contribution in [3.63, 3.8) is 0 Å². The molecule has 0 radical (unpaired) electrons. The normalized spacial score (nSPS) is 17.0. The summed E-state index contributed by atoms with van der Waals surface area (Å²) >= 11 is 0. The topological polar surface area (TPSA) is 122 Å². The van der Waals surface area contributed by atoms with Crippen molar-refractivity contribution >= 4 is 39.2 Å². The van der Waals surface area contributed by atoms with Crippen molar-refractivity contribution in [1.82, 2.24) is 4.31 Å². The van der Waals surface area contributed by atoms with Gasteiger partial charge in [-0.2, -0.15) is 4.31 Å². The lowest BCUT2D eigenvalue weighted by molar-refractivity contribution is -0.121. The number of nitrogens with one attached hydrogen (secondary N) is 2. The van der Waals surface area contributed by atoms with Gasteiger partial charge in [0.05, 0.1) is 17.6 Å². The number of esters is 1. The average molecular weight is 500 g/mol. The average Bonchev–Trinajstić information content (AvgIpc) is 3.71. The molecule has 35 heavy (non-hydrogen) atoms. The number of benzene rings is 2. The van der Waals surface area contributed by atoms with Crippen LogP contribution in [0.1, 0.15) is 41.6 Å². The van der Waals surface area contributed by atoms with Crippen molar-refractivity contribution in [3.8, 4) is 0 Å². The number of nitrogens with zero attached hydrogens (tertiary/aromatic N) is 1. The molecular weight excluding hydrogens is 470 g/mol. The van der Waals surface area contributed by atoms with Crippen LogP contribution in [-0.2, 0) is 24.3 Å². The van der Waals surface area contributed by atoms with Gasteiger partial charge in [0.25, 0.3) is 0 Å². The third-order valence-electron chi connectivity index (χ3n) is 6.45. The fourth-order valence-electron chi connectivity index (χ4n) is 4.13. The number of methoxy groups -OCH3 is 1. The van der Waals surface area contributed by atoms with E-state index < -0.39 is 16.0 Å². The van der Waals surface area contributed by atoms with E-state index in [-0.39, 0.29) is 47.2 Å². The maximum absolute atomic E-state index is 13.2.